The minimum atomic E-state index is -3.67. The summed E-state index contributed by atoms with van der Waals surface area (Å²) in [6.07, 6.45) is 0.00131. The lowest BCUT2D eigenvalue weighted by molar-refractivity contribution is -0.142. The summed E-state index contributed by atoms with van der Waals surface area (Å²) in [7, 11) is -2.14. The SMILES string of the molecule is CCOC(=O)CCNS(=O)(=O)c1c(C)cc(OC)cc1C. The van der Waals surface area contributed by atoms with Crippen LogP contribution >= 0.6 is 0 Å². The van der Waals surface area contributed by atoms with Gasteiger partial charge in [0, 0.05) is 6.54 Å². The summed E-state index contributed by atoms with van der Waals surface area (Å²) >= 11 is 0. The lowest BCUT2D eigenvalue weighted by Crippen LogP contribution is -2.28. The monoisotopic (exact) mass is 315 g/mol. The second-order valence-electron chi connectivity index (χ2n) is 4.54. The first-order valence-electron chi connectivity index (χ1n) is 6.62. The number of carbonyl (C=O) groups is 1. The Morgan fingerprint density at radius 1 is 1.24 bits per heavy atom. The smallest absolute Gasteiger partial charge is 0.307 e. The maximum Gasteiger partial charge on any atom is 0.307 e. The molecule has 1 aromatic rings. The summed E-state index contributed by atoms with van der Waals surface area (Å²) in [4.78, 5) is 11.4. The summed E-state index contributed by atoms with van der Waals surface area (Å²) in [5, 5.41) is 0. The van der Waals surface area contributed by atoms with Gasteiger partial charge in [-0.2, -0.15) is 0 Å². The summed E-state index contributed by atoms with van der Waals surface area (Å²) in [6, 6.07) is 3.32. The van der Waals surface area contributed by atoms with Crippen molar-refractivity contribution in [3.8, 4) is 5.75 Å². The highest BCUT2D eigenvalue weighted by molar-refractivity contribution is 7.89. The molecule has 7 heteroatoms. The van der Waals surface area contributed by atoms with Gasteiger partial charge in [0.2, 0.25) is 10.0 Å². The summed E-state index contributed by atoms with van der Waals surface area (Å²) < 4.78 is 36.9. The second kappa shape index (κ2) is 7.42. The number of aryl methyl sites for hydroxylation is 2. The van der Waals surface area contributed by atoms with E-state index in [1.807, 2.05) is 0 Å². The third kappa shape index (κ3) is 4.71. The molecule has 0 fully saturated rings. The van der Waals surface area contributed by atoms with Gasteiger partial charge in [-0.3, -0.25) is 4.79 Å². The molecule has 1 aromatic carbocycles. The highest BCUT2D eigenvalue weighted by atomic mass is 32.2. The fourth-order valence-electron chi connectivity index (χ4n) is 2.05. The molecule has 0 heterocycles. The normalized spacial score (nSPS) is 11.2. The van der Waals surface area contributed by atoms with E-state index in [-0.39, 0.29) is 24.5 Å². The van der Waals surface area contributed by atoms with Gasteiger partial charge in [0.15, 0.2) is 0 Å². The van der Waals surface area contributed by atoms with Gasteiger partial charge >= 0.3 is 5.97 Å². The van der Waals surface area contributed by atoms with E-state index in [1.54, 1.807) is 32.9 Å². The average molecular weight is 315 g/mol. The van der Waals surface area contributed by atoms with E-state index in [9.17, 15) is 13.2 Å². The van der Waals surface area contributed by atoms with Crippen molar-refractivity contribution in [1.29, 1.82) is 0 Å². The van der Waals surface area contributed by atoms with Crippen LogP contribution in [0.1, 0.15) is 24.5 Å². The van der Waals surface area contributed by atoms with Crippen LogP contribution in [0.15, 0.2) is 17.0 Å². The zero-order chi connectivity index (χ0) is 16.0. The van der Waals surface area contributed by atoms with Crippen LogP contribution in [0, 0.1) is 13.8 Å². The van der Waals surface area contributed by atoms with Crippen molar-refractivity contribution in [1.82, 2.24) is 4.72 Å². The zero-order valence-corrected chi connectivity index (χ0v) is 13.5. The first-order valence-corrected chi connectivity index (χ1v) is 8.10. The van der Waals surface area contributed by atoms with Gasteiger partial charge in [-0.05, 0) is 44.0 Å². The molecule has 1 rings (SSSR count). The molecule has 118 valence electrons. The van der Waals surface area contributed by atoms with Crippen LogP contribution in [0.5, 0.6) is 5.75 Å². The predicted molar refractivity (Wildman–Crippen MR) is 78.9 cm³/mol. The molecule has 0 spiro atoms. The third-order valence-electron chi connectivity index (χ3n) is 2.86. The Kier molecular flexibility index (Phi) is 6.17. The Bertz CT molecular complexity index is 587. The van der Waals surface area contributed by atoms with Gasteiger partial charge < -0.3 is 9.47 Å². The molecule has 1 N–H and O–H groups in total. The molecule has 6 nitrogen and oxygen atoms in total. The zero-order valence-electron chi connectivity index (χ0n) is 12.7. The Hall–Kier alpha value is -1.60. The summed E-state index contributed by atoms with van der Waals surface area (Å²) in [5.41, 5.74) is 1.19. The topological polar surface area (TPSA) is 81.7 Å². The molecule has 0 saturated heterocycles. The van der Waals surface area contributed by atoms with E-state index >= 15 is 0 Å². The molecule has 0 radical (unpaired) electrons. The highest BCUT2D eigenvalue weighted by Gasteiger charge is 2.20. The van der Waals surface area contributed by atoms with Crippen molar-refractivity contribution >= 4 is 16.0 Å². The van der Waals surface area contributed by atoms with E-state index in [4.69, 9.17) is 9.47 Å². The van der Waals surface area contributed by atoms with Gasteiger partial charge in [0.25, 0.3) is 0 Å². The van der Waals surface area contributed by atoms with E-state index in [2.05, 4.69) is 4.72 Å². The average Bonchev–Trinajstić information content (AvgIpc) is 2.37. The Balaban J connectivity index is 2.86. The Morgan fingerprint density at radius 3 is 2.29 bits per heavy atom. The van der Waals surface area contributed by atoms with Crippen molar-refractivity contribution in [2.75, 3.05) is 20.3 Å². The van der Waals surface area contributed by atoms with E-state index in [1.165, 1.54) is 7.11 Å². The molecule has 0 unspecified atom stereocenters. The predicted octanol–water partition coefficient (Wildman–Crippen LogP) is 1.54. The van der Waals surface area contributed by atoms with Gasteiger partial charge in [-0.15, -0.1) is 0 Å². The molecule has 0 aliphatic heterocycles. The molecule has 0 aliphatic rings. The van der Waals surface area contributed by atoms with E-state index in [0.717, 1.165) is 0 Å². The molecule has 0 bridgehead atoms. The van der Waals surface area contributed by atoms with Crippen LogP contribution in [-0.2, 0) is 19.6 Å². The van der Waals surface area contributed by atoms with Crippen molar-refractivity contribution in [2.24, 2.45) is 0 Å². The fourth-order valence-corrected chi connectivity index (χ4v) is 3.53. The van der Waals surface area contributed by atoms with Crippen molar-refractivity contribution in [3.63, 3.8) is 0 Å². The third-order valence-corrected chi connectivity index (χ3v) is 4.63. The number of esters is 1. The minimum Gasteiger partial charge on any atom is -0.497 e. The van der Waals surface area contributed by atoms with Crippen molar-refractivity contribution < 1.29 is 22.7 Å². The van der Waals surface area contributed by atoms with Crippen LogP contribution in [0.3, 0.4) is 0 Å². The van der Waals surface area contributed by atoms with Gasteiger partial charge in [0.05, 0.1) is 25.0 Å². The van der Waals surface area contributed by atoms with E-state index in [0.29, 0.717) is 16.9 Å². The maximum atomic E-state index is 12.3. The number of benzene rings is 1. The number of methoxy groups -OCH3 is 1. The van der Waals surface area contributed by atoms with Gasteiger partial charge in [-0.25, -0.2) is 13.1 Å². The van der Waals surface area contributed by atoms with Gasteiger partial charge in [-0.1, -0.05) is 0 Å². The minimum absolute atomic E-state index is 0.00131. The number of sulfonamides is 1. The Morgan fingerprint density at radius 2 is 1.81 bits per heavy atom. The van der Waals surface area contributed by atoms with Crippen LogP contribution in [0.4, 0.5) is 0 Å². The summed E-state index contributed by atoms with van der Waals surface area (Å²) in [6.45, 7) is 5.39. The fraction of sp³-hybridized carbons (Fsp3) is 0.500. The number of ether oxygens (including phenoxy) is 2. The first kappa shape index (κ1) is 17.5. The number of carbonyl (C=O) groups excluding carboxylic acids is 1. The standard InChI is InChI=1S/C14H21NO5S/c1-5-20-13(16)6-7-15-21(17,18)14-10(2)8-12(19-4)9-11(14)3/h8-9,15H,5-7H2,1-4H3. The largest absolute Gasteiger partial charge is 0.497 e. The number of rotatable bonds is 7. The molecule has 0 aliphatic carbocycles. The van der Waals surface area contributed by atoms with Crippen LogP contribution in [0.25, 0.3) is 0 Å². The molecule has 0 atom stereocenters. The quantitative estimate of drug-likeness (QED) is 0.772. The molecule has 0 saturated carbocycles. The molecule has 0 aromatic heterocycles. The van der Waals surface area contributed by atoms with Crippen LogP contribution in [0.2, 0.25) is 0 Å². The molecular weight excluding hydrogens is 294 g/mol. The summed E-state index contributed by atoms with van der Waals surface area (Å²) in [5.74, 6) is 0.179. The first-order chi connectivity index (χ1) is 9.81. The maximum absolute atomic E-state index is 12.3. The van der Waals surface area contributed by atoms with E-state index < -0.39 is 16.0 Å². The van der Waals surface area contributed by atoms with Crippen LogP contribution < -0.4 is 9.46 Å². The second-order valence-corrected chi connectivity index (χ2v) is 6.25. The number of hydrogen-bond donors (Lipinski definition) is 1. The lowest BCUT2D eigenvalue weighted by Gasteiger charge is -2.13. The number of nitrogens with one attached hydrogen (secondary N) is 1. The molecular formula is C14H21NO5S. The highest BCUT2D eigenvalue weighted by Crippen LogP contribution is 2.25. The number of hydrogen-bond acceptors (Lipinski definition) is 5. The lowest BCUT2D eigenvalue weighted by atomic mass is 10.1. The van der Waals surface area contributed by atoms with Crippen molar-refractivity contribution in [3.05, 3.63) is 23.3 Å². The molecule has 21 heavy (non-hydrogen) atoms. The van der Waals surface area contributed by atoms with Crippen molar-refractivity contribution in [2.45, 2.75) is 32.1 Å². The Labute approximate surface area is 125 Å². The molecule has 0 amide bonds. The van der Waals surface area contributed by atoms with Gasteiger partial charge in [0.1, 0.15) is 5.75 Å². The van der Waals surface area contributed by atoms with Crippen LogP contribution in [-0.4, -0.2) is 34.6 Å².